The van der Waals surface area contributed by atoms with Gasteiger partial charge in [0.1, 0.15) is 12.1 Å². The number of fused-ring (bicyclic) bond motifs is 1. The van der Waals surface area contributed by atoms with Crippen LogP contribution in [0.4, 0.5) is 0 Å². The molecular formula is C21H22ClN7O3. The Hall–Kier alpha value is -3.53. The fraction of sp³-hybridized carbons (Fsp3) is 0.333. The summed E-state index contributed by atoms with van der Waals surface area (Å²) in [7, 11) is 1.72. The minimum Gasteiger partial charge on any atom is -0.465 e. The molecule has 0 amide bonds. The molecule has 0 atom stereocenters. The van der Waals surface area contributed by atoms with Gasteiger partial charge >= 0.3 is 12.0 Å². The molecule has 0 saturated carbocycles. The van der Waals surface area contributed by atoms with Crippen LogP contribution in [-0.4, -0.2) is 47.3 Å². The number of ether oxygens (including phenoxy) is 2. The van der Waals surface area contributed by atoms with Crippen molar-refractivity contribution in [2.45, 2.75) is 26.9 Å². The van der Waals surface area contributed by atoms with Crippen molar-refractivity contribution in [3.63, 3.8) is 0 Å². The lowest BCUT2D eigenvalue weighted by molar-refractivity contribution is -0.143. The number of tetrazole rings is 1. The number of para-hydroxylation sites is 1. The number of halogens is 1. The summed E-state index contributed by atoms with van der Waals surface area (Å²) in [6, 6.07) is 11.1. The van der Waals surface area contributed by atoms with E-state index in [4.69, 9.17) is 21.1 Å². The monoisotopic (exact) mass is 455 g/mol. The van der Waals surface area contributed by atoms with Crippen LogP contribution in [0.2, 0.25) is 5.02 Å². The molecule has 0 unspecified atom stereocenters. The summed E-state index contributed by atoms with van der Waals surface area (Å²) in [4.78, 5) is 21.0. The zero-order valence-corrected chi connectivity index (χ0v) is 18.7. The van der Waals surface area contributed by atoms with Gasteiger partial charge in [-0.15, -0.1) is 0 Å². The molecule has 3 aromatic heterocycles. The van der Waals surface area contributed by atoms with Crippen LogP contribution in [0.15, 0.2) is 36.4 Å². The number of rotatable bonds is 8. The second kappa shape index (κ2) is 9.31. The predicted octanol–water partition coefficient (Wildman–Crippen LogP) is 2.92. The molecule has 10 nitrogen and oxygen atoms in total. The lowest BCUT2D eigenvalue weighted by Gasteiger charge is -2.09. The predicted molar refractivity (Wildman–Crippen MR) is 117 cm³/mol. The second-order valence-electron chi connectivity index (χ2n) is 7.60. The van der Waals surface area contributed by atoms with Gasteiger partial charge in [-0.1, -0.05) is 42.7 Å². The van der Waals surface area contributed by atoms with E-state index in [2.05, 4.69) is 25.5 Å². The van der Waals surface area contributed by atoms with Crippen LogP contribution in [0.1, 0.15) is 25.2 Å². The van der Waals surface area contributed by atoms with Gasteiger partial charge in [0.05, 0.1) is 35.0 Å². The van der Waals surface area contributed by atoms with E-state index < -0.39 is 0 Å². The van der Waals surface area contributed by atoms with Crippen molar-refractivity contribution in [2.75, 3.05) is 6.61 Å². The minimum absolute atomic E-state index is 0.0965. The van der Waals surface area contributed by atoms with E-state index in [0.717, 1.165) is 0 Å². The van der Waals surface area contributed by atoms with Crippen molar-refractivity contribution in [1.82, 2.24) is 34.7 Å². The third kappa shape index (κ3) is 4.70. The van der Waals surface area contributed by atoms with Gasteiger partial charge in [-0.05, 0) is 40.6 Å². The van der Waals surface area contributed by atoms with Crippen LogP contribution in [0.3, 0.4) is 0 Å². The van der Waals surface area contributed by atoms with Gasteiger partial charge in [0.15, 0.2) is 0 Å². The Kier molecular flexibility index (Phi) is 6.31. The first-order valence-electron chi connectivity index (χ1n) is 10.1. The molecule has 4 aromatic rings. The van der Waals surface area contributed by atoms with Gasteiger partial charge in [-0.3, -0.25) is 9.78 Å². The van der Waals surface area contributed by atoms with E-state index in [1.54, 1.807) is 23.7 Å². The number of imidazole rings is 1. The van der Waals surface area contributed by atoms with Gasteiger partial charge in [0.2, 0.25) is 0 Å². The van der Waals surface area contributed by atoms with E-state index >= 15 is 0 Å². The zero-order valence-electron chi connectivity index (χ0n) is 17.9. The Morgan fingerprint density at radius 2 is 1.91 bits per heavy atom. The first kappa shape index (κ1) is 21.7. The molecule has 32 heavy (non-hydrogen) atoms. The van der Waals surface area contributed by atoms with Crippen LogP contribution < -0.4 is 4.74 Å². The molecule has 0 fully saturated rings. The third-order valence-electron chi connectivity index (χ3n) is 4.52. The standard InChI is InChI=1S/C21H22ClN7O3/c1-13(2)11-31-18(30)10-14-6-4-7-15(23-14)12-32-21-24-19-16(22)8-5-9-17(19)29(21)20-25-26-27-28(20)3/h4-9,13H,10-12H2,1-3H3. The van der Waals surface area contributed by atoms with E-state index in [1.807, 2.05) is 38.1 Å². The lowest BCUT2D eigenvalue weighted by Crippen LogP contribution is -2.13. The maximum Gasteiger partial charge on any atom is 0.311 e. The minimum atomic E-state index is -0.310. The maximum atomic E-state index is 12.0. The Morgan fingerprint density at radius 3 is 2.66 bits per heavy atom. The molecule has 0 spiro atoms. The molecule has 166 valence electrons. The molecule has 4 rings (SSSR count). The number of aryl methyl sites for hydroxylation is 1. The number of benzene rings is 1. The molecule has 11 heteroatoms. The summed E-state index contributed by atoms with van der Waals surface area (Å²) >= 11 is 6.33. The topological polar surface area (TPSA) is 110 Å². The van der Waals surface area contributed by atoms with Crippen molar-refractivity contribution in [1.29, 1.82) is 0 Å². The molecule has 0 N–H and O–H groups in total. The second-order valence-corrected chi connectivity index (χ2v) is 8.01. The summed E-state index contributed by atoms with van der Waals surface area (Å²) in [5.41, 5.74) is 2.52. The fourth-order valence-corrected chi connectivity index (χ4v) is 3.26. The summed E-state index contributed by atoms with van der Waals surface area (Å²) < 4.78 is 14.4. The lowest BCUT2D eigenvalue weighted by atomic mass is 10.2. The van der Waals surface area contributed by atoms with Gasteiger partial charge in [-0.2, -0.15) is 4.98 Å². The number of hydrogen-bond acceptors (Lipinski definition) is 8. The molecule has 0 aliphatic heterocycles. The molecular weight excluding hydrogens is 434 g/mol. The first-order chi connectivity index (χ1) is 15.4. The third-order valence-corrected chi connectivity index (χ3v) is 4.82. The Morgan fingerprint density at radius 1 is 1.12 bits per heavy atom. The molecule has 0 radical (unpaired) electrons. The van der Waals surface area contributed by atoms with Crippen molar-refractivity contribution in [3.05, 3.63) is 52.8 Å². The average Bonchev–Trinajstić information content (AvgIpc) is 3.34. The average molecular weight is 456 g/mol. The van der Waals surface area contributed by atoms with Crippen molar-refractivity contribution >= 4 is 28.6 Å². The number of aromatic nitrogens is 7. The Bertz CT molecular complexity index is 1250. The number of nitrogens with zero attached hydrogens (tertiary/aromatic N) is 7. The van der Waals surface area contributed by atoms with Crippen LogP contribution in [-0.2, 0) is 29.6 Å². The highest BCUT2D eigenvalue weighted by molar-refractivity contribution is 6.35. The normalized spacial score (nSPS) is 11.3. The van der Waals surface area contributed by atoms with Crippen molar-refractivity contribution in [2.24, 2.45) is 13.0 Å². The smallest absolute Gasteiger partial charge is 0.311 e. The Labute approximate surface area is 189 Å². The number of hydrogen-bond donors (Lipinski definition) is 0. The van der Waals surface area contributed by atoms with E-state index in [9.17, 15) is 4.79 Å². The molecule has 1 aromatic carbocycles. The number of pyridine rings is 1. The van der Waals surface area contributed by atoms with Gasteiger partial charge in [0, 0.05) is 7.05 Å². The van der Waals surface area contributed by atoms with Crippen molar-refractivity contribution in [3.8, 4) is 12.0 Å². The highest BCUT2D eigenvalue weighted by atomic mass is 35.5. The number of esters is 1. The van der Waals surface area contributed by atoms with Gasteiger partial charge in [0.25, 0.3) is 5.95 Å². The molecule has 0 bridgehead atoms. The van der Waals surface area contributed by atoms with Gasteiger partial charge in [-0.25, -0.2) is 9.25 Å². The van der Waals surface area contributed by atoms with Crippen LogP contribution >= 0.6 is 11.6 Å². The molecule has 0 aliphatic rings. The summed E-state index contributed by atoms with van der Waals surface area (Å²) in [5.74, 6) is 0.401. The zero-order chi connectivity index (χ0) is 22.7. The van der Waals surface area contributed by atoms with E-state index in [1.165, 1.54) is 4.68 Å². The van der Waals surface area contributed by atoms with Crippen LogP contribution in [0, 0.1) is 5.92 Å². The Balaban J connectivity index is 1.56. The van der Waals surface area contributed by atoms with Crippen LogP contribution in [0.5, 0.6) is 6.01 Å². The van der Waals surface area contributed by atoms with Crippen molar-refractivity contribution < 1.29 is 14.3 Å². The van der Waals surface area contributed by atoms with Gasteiger partial charge < -0.3 is 9.47 Å². The summed E-state index contributed by atoms with van der Waals surface area (Å²) in [6.07, 6.45) is 0.0965. The highest BCUT2D eigenvalue weighted by Crippen LogP contribution is 2.29. The fourth-order valence-electron chi connectivity index (χ4n) is 3.05. The SMILES string of the molecule is CC(C)COC(=O)Cc1cccc(COc2nc3c(Cl)cccc3n2-c2nnnn2C)n1. The molecule has 0 saturated heterocycles. The highest BCUT2D eigenvalue weighted by Gasteiger charge is 2.20. The van der Waals surface area contributed by atoms with Crippen LogP contribution in [0.25, 0.3) is 17.0 Å². The summed E-state index contributed by atoms with van der Waals surface area (Å²) in [5, 5.41) is 12.1. The number of carbonyl (C=O) groups excluding carboxylic acids is 1. The van der Waals surface area contributed by atoms with E-state index in [-0.39, 0.29) is 30.9 Å². The quantitative estimate of drug-likeness (QED) is 0.373. The maximum absolute atomic E-state index is 12.0. The first-order valence-corrected chi connectivity index (χ1v) is 10.4. The molecule has 0 aliphatic carbocycles. The number of carbonyl (C=O) groups is 1. The largest absolute Gasteiger partial charge is 0.465 e. The molecule has 3 heterocycles. The summed E-state index contributed by atoms with van der Waals surface area (Å²) in [6.45, 7) is 4.49. The van der Waals surface area contributed by atoms with E-state index in [0.29, 0.717) is 40.0 Å².